The molecule has 2 aromatic carbocycles. The molecule has 2 N–H and O–H groups in total. The van der Waals surface area contributed by atoms with E-state index in [9.17, 15) is 4.39 Å². The van der Waals surface area contributed by atoms with Gasteiger partial charge in [-0.2, -0.15) is 0 Å². The Bertz CT molecular complexity index is 526. The molecule has 0 fully saturated rings. The first kappa shape index (κ1) is 12.2. The van der Waals surface area contributed by atoms with E-state index in [0.717, 1.165) is 5.75 Å². The molecule has 4 heteroatoms. The van der Waals surface area contributed by atoms with Crippen LogP contribution in [0.3, 0.4) is 0 Å². The molecule has 0 bridgehead atoms. The van der Waals surface area contributed by atoms with Gasteiger partial charge in [-0.05, 0) is 30.3 Å². The number of rotatable bonds is 4. The fourth-order valence-corrected chi connectivity index (χ4v) is 1.54. The van der Waals surface area contributed by atoms with Crippen LogP contribution in [0.2, 0.25) is 0 Å². The van der Waals surface area contributed by atoms with Gasteiger partial charge in [0, 0.05) is 5.56 Å². The van der Waals surface area contributed by atoms with Gasteiger partial charge in [0.15, 0.2) is 5.82 Å². The van der Waals surface area contributed by atoms with E-state index in [4.69, 9.17) is 15.2 Å². The molecule has 2 rings (SSSR count). The second-order valence-corrected chi connectivity index (χ2v) is 3.78. The monoisotopic (exact) mass is 247 g/mol. The lowest BCUT2D eigenvalue weighted by atomic mass is 10.2. The van der Waals surface area contributed by atoms with Gasteiger partial charge in [0.1, 0.15) is 18.1 Å². The average Bonchev–Trinajstić information content (AvgIpc) is 2.41. The number of methoxy groups -OCH3 is 1. The Morgan fingerprint density at radius 2 is 1.72 bits per heavy atom. The van der Waals surface area contributed by atoms with Gasteiger partial charge in [-0.25, -0.2) is 4.39 Å². The van der Waals surface area contributed by atoms with Crippen LogP contribution in [0.4, 0.5) is 10.1 Å². The van der Waals surface area contributed by atoms with Crippen molar-refractivity contribution in [2.24, 2.45) is 0 Å². The summed E-state index contributed by atoms with van der Waals surface area (Å²) in [6, 6.07) is 12.0. The zero-order valence-corrected chi connectivity index (χ0v) is 10.0. The van der Waals surface area contributed by atoms with Crippen molar-refractivity contribution >= 4 is 5.69 Å². The van der Waals surface area contributed by atoms with Crippen molar-refractivity contribution in [2.45, 2.75) is 6.61 Å². The van der Waals surface area contributed by atoms with Gasteiger partial charge in [0.05, 0.1) is 12.8 Å². The quantitative estimate of drug-likeness (QED) is 0.845. The third-order valence-electron chi connectivity index (χ3n) is 2.56. The summed E-state index contributed by atoms with van der Waals surface area (Å²) < 4.78 is 24.1. The van der Waals surface area contributed by atoms with Gasteiger partial charge < -0.3 is 15.2 Å². The molecule has 0 unspecified atom stereocenters. The minimum absolute atomic E-state index is 0.130. The van der Waals surface area contributed by atoms with Gasteiger partial charge in [-0.1, -0.05) is 12.1 Å². The normalized spacial score (nSPS) is 10.1. The highest BCUT2D eigenvalue weighted by atomic mass is 19.1. The molecular weight excluding hydrogens is 233 g/mol. The maximum atomic E-state index is 13.6. The van der Waals surface area contributed by atoms with E-state index in [1.165, 1.54) is 6.07 Å². The standard InChI is InChI=1S/C14H14FNO2/c1-17-11-5-7-12(8-6-11)18-9-10-3-2-4-13(16)14(10)15/h2-8H,9,16H2,1H3. The Balaban J connectivity index is 2.04. The van der Waals surface area contributed by atoms with E-state index in [1.807, 2.05) is 0 Å². The smallest absolute Gasteiger partial charge is 0.152 e. The van der Waals surface area contributed by atoms with E-state index in [0.29, 0.717) is 11.3 Å². The summed E-state index contributed by atoms with van der Waals surface area (Å²) in [5.41, 5.74) is 6.05. The van der Waals surface area contributed by atoms with Crippen LogP contribution in [-0.4, -0.2) is 7.11 Å². The van der Waals surface area contributed by atoms with Crippen molar-refractivity contribution in [3.05, 3.63) is 53.8 Å². The molecule has 0 aliphatic carbocycles. The van der Waals surface area contributed by atoms with Crippen LogP contribution in [0, 0.1) is 5.82 Å². The molecule has 0 aromatic heterocycles. The molecule has 0 amide bonds. The number of anilines is 1. The molecular formula is C14H14FNO2. The van der Waals surface area contributed by atoms with E-state index in [-0.39, 0.29) is 12.3 Å². The number of nitrogen functional groups attached to an aromatic ring is 1. The van der Waals surface area contributed by atoms with Crippen molar-refractivity contribution in [1.82, 2.24) is 0 Å². The van der Waals surface area contributed by atoms with Crippen molar-refractivity contribution in [1.29, 1.82) is 0 Å². The van der Waals surface area contributed by atoms with Crippen molar-refractivity contribution in [3.63, 3.8) is 0 Å². The Labute approximate surface area is 105 Å². The van der Waals surface area contributed by atoms with Crippen LogP contribution in [0.5, 0.6) is 11.5 Å². The Kier molecular flexibility index (Phi) is 3.67. The van der Waals surface area contributed by atoms with Gasteiger partial charge in [0.25, 0.3) is 0 Å². The average molecular weight is 247 g/mol. The first-order valence-corrected chi connectivity index (χ1v) is 5.50. The number of hydrogen-bond acceptors (Lipinski definition) is 3. The fraction of sp³-hybridized carbons (Fsp3) is 0.143. The second kappa shape index (κ2) is 5.40. The molecule has 3 nitrogen and oxygen atoms in total. The minimum atomic E-state index is -0.425. The van der Waals surface area contributed by atoms with Gasteiger partial charge in [-0.3, -0.25) is 0 Å². The molecule has 0 saturated carbocycles. The molecule has 18 heavy (non-hydrogen) atoms. The second-order valence-electron chi connectivity index (χ2n) is 3.78. The van der Waals surface area contributed by atoms with Crippen LogP contribution in [0.1, 0.15) is 5.56 Å². The summed E-state index contributed by atoms with van der Waals surface area (Å²) >= 11 is 0. The minimum Gasteiger partial charge on any atom is -0.497 e. The van der Waals surface area contributed by atoms with Crippen molar-refractivity contribution in [2.75, 3.05) is 12.8 Å². The number of nitrogens with two attached hydrogens (primary N) is 1. The number of benzene rings is 2. The lowest BCUT2D eigenvalue weighted by Crippen LogP contribution is -2.01. The van der Waals surface area contributed by atoms with Gasteiger partial charge in [-0.15, -0.1) is 0 Å². The van der Waals surface area contributed by atoms with Crippen LogP contribution >= 0.6 is 0 Å². The van der Waals surface area contributed by atoms with Crippen molar-refractivity contribution < 1.29 is 13.9 Å². The molecule has 0 radical (unpaired) electrons. The first-order valence-electron chi connectivity index (χ1n) is 5.50. The van der Waals surface area contributed by atoms with Gasteiger partial charge >= 0.3 is 0 Å². The molecule has 0 aliphatic rings. The predicted molar refractivity (Wildman–Crippen MR) is 68.1 cm³/mol. The lowest BCUT2D eigenvalue weighted by molar-refractivity contribution is 0.299. The molecule has 0 atom stereocenters. The zero-order valence-electron chi connectivity index (χ0n) is 10.0. The van der Waals surface area contributed by atoms with Crippen molar-refractivity contribution in [3.8, 4) is 11.5 Å². The molecule has 0 aliphatic heterocycles. The summed E-state index contributed by atoms with van der Waals surface area (Å²) in [5.74, 6) is 0.973. The van der Waals surface area contributed by atoms with E-state index in [1.54, 1.807) is 43.5 Å². The fourth-order valence-electron chi connectivity index (χ4n) is 1.54. The van der Waals surface area contributed by atoms with E-state index < -0.39 is 5.82 Å². The lowest BCUT2D eigenvalue weighted by Gasteiger charge is -2.08. The van der Waals surface area contributed by atoms with Crippen LogP contribution < -0.4 is 15.2 Å². The number of halogens is 1. The topological polar surface area (TPSA) is 44.5 Å². The highest BCUT2D eigenvalue weighted by molar-refractivity contribution is 5.42. The highest BCUT2D eigenvalue weighted by Crippen LogP contribution is 2.20. The molecule has 0 heterocycles. The Morgan fingerprint density at radius 3 is 2.39 bits per heavy atom. The maximum absolute atomic E-state index is 13.6. The third-order valence-corrected chi connectivity index (χ3v) is 2.56. The number of hydrogen-bond donors (Lipinski definition) is 1. The van der Waals surface area contributed by atoms with E-state index >= 15 is 0 Å². The molecule has 2 aromatic rings. The third kappa shape index (κ3) is 2.71. The number of ether oxygens (including phenoxy) is 2. The highest BCUT2D eigenvalue weighted by Gasteiger charge is 2.05. The first-order chi connectivity index (χ1) is 8.70. The zero-order chi connectivity index (χ0) is 13.0. The van der Waals surface area contributed by atoms with E-state index in [2.05, 4.69) is 0 Å². The summed E-state index contributed by atoms with van der Waals surface area (Å²) in [4.78, 5) is 0. The molecule has 0 spiro atoms. The van der Waals surface area contributed by atoms with Crippen LogP contribution in [-0.2, 0) is 6.61 Å². The molecule has 0 saturated heterocycles. The Morgan fingerprint density at radius 1 is 1.06 bits per heavy atom. The summed E-state index contributed by atoms with van der Waals surface area (Å²) in [5, 5.41) is 0. The maximum Gasteiger partial charge on any atom is 0.152 e. The SMILES string of the molecule is COc1ccc(OCc2cccc(N)c2F)cc1. The summed E-state index contributed by atoms with van der Waals surface area (Å²) in [6.45, 7) is 0.142. The summed E-state index contributed by atoms with van der Waals surface area (Å²) in [7, 11) is 1.60. The summed E-state index contributed by atoms with van der Waals surface area (Å²) in [6.07, 6.45) is 0. The largest absolute Gasteiger partial charge is 0.497 e. The van der Waals surface area contributed by atoms with Crippen LogP contribution in [0.25, 0.3) is 0 Å². The van der Waals surface area contributed by atoms with Gasteiger partial charge in [0.2, 0.25) is 0 Å². The Hall–Kier alpha value is -2.23. The predicted octanol–water partition coefficient (Wildman–Crippen LogP) is 3.00. The van der Waals surface area contributed by atoms with Crippen LogP contribution in [0.15, 0.2) is 42.5 Å². The molecule has 94 valence electrons.